The molecule has 1 heterocycles. The molecule has 14 heavy (non-hydrogen) atoms. The summed E-state index contributed by atoms with van der Waals surface area (Å²) in [5.74, 6) is 1.55. The minimum absolute atomic E-state index is 0.190. The molecular weight excluding hydrogens is 222 g/mol. The van der Waals surface area contributed by atoms with Gasteiger partial charge in [-0.2, -0.15) is 0 Å². The molecule has 1 rings (SSSR count). The fourth-order valence-corrected chi connectivity index (χ4v) is 3.65. The van der Waals surface area contributed by atoms with Gasteiger partial charge >= 0.3 is 0 Å². The van der Waals surface area contributed by atoms with E-state index >= 15 is 0 Å². The summed E-state index contributed by atoms with van der Waals surface area (Å²) >= 11 is 5.49. The molecule has 2 atom stereocenters. The second kappa shape index (κ2) is 4.81. The quantitative estimate of drug-likeness (QED) is 0.698. The van der Waals surface area contributed by atoms with Gasteiger partial charge in [0.05, 0.1) is 5.75 Å². The summed E-state index contributed by atoms with van der Waals surface area (Å²) in [6.07, 6.45) is 0.545. The minimum Gasteiger partial charge on any atom is -0.212 e. The van der Waals surface area contributed by atoms with Crippen molar-refractivity contribution in [2.75, 3.05) is 24.7 Å². The lowest BCUT2D eigenvalue weighted by molar-refractivity contribution is 0.462. The van der Waals surface area contributed by atoms with Crippen LogP contribution in [0.2, 0.25) is 0 Å². The summed E-state index contributed by atoms with van der Waals surface area (Å²) in [7, 11) is -3.04. The summed E-state index contributed by atoms with van der Waals surface area (Å²) in [5, 5.41) is 0. The van der Waals surface area contributed by atoms with Crippen molar-refractivity contribution in [2.45, 2.75) is 20.3 Å². The lowest BCUT2D eigenvalue weighted by Crippen LogP contribution is -2.31. The van der Waals surface area contributed by atoms with Crippen LogP contribution in [-0.4, -0.2) is 37.4 Å². The lowest BCUT2D eigenvalue weighted by atomic mass is 10.0. The van der Waals surface area contributed by atoms with Gasteiger partial charge in [0.25, 0.3) is 0 Å². The van der Waals surface area contributed by atoms with Crippen LogP contribution in [0.5, 0.6) is 0 Å². The molecule has 1 saturated heterocycles. The predicted molar refractivity (Wildman–Crippen MR) is 59.0 cm³/mol. The smallest absolute Gasteiger partial charge is 0.212 e. The van der Waals surface area contributed by atoms with Crippen molar-refractivity contribution in [3.63, 3.8) is 0 Å². The molecule has 0 radical (unpaired) electrons. The molecule has 84 valence electrons. The van der Waals surface area contributed by atoms with E-state index in [2.05, 4.69) is 13.8 Å². The van der Waals surface area contributed by atoms with Crippen molar-refractivity contribution in [1.82, 2.24) is 4.31 Å². The molecule has 3 nitrogen and oxygen atoms in total. The third kappa shape index (κ3) is 2.84. The second-order valence-electron chi connectivity index (χ2n) is 4.13. The molecule has 0 spiro atoms. The Hall–Kier alpha value is 0.200. The van der Waals surface area contributed by atoms with Gasteiger partial charge in [-0.05, 0) is 18.3 Å². The molecule has 0 aromatic carbocycles. The first-order valence-corrected chi connectivity index (χ1v) is 7.15. The van der Waals surface area contributed by atoms with Crippen LogP contribution in [0, 0.1) is 11.8 Å². The maximum atomic E-state index is 11.8. The van der Waals surface area contributed by atoms with Gasteiger partial charge in [-0.25, -0.2) is 12.7 Å². The highest BCUT2D eigenvalue weighted by Gasteiger charge is 2.33. The average molecular weight is 240 g/mol. The van der Waals surface area contributed by atoms with E-state index in [4.69, 9.17) is 11.6 Å². The monoisotopic (exact) mass is 239 g/mol. The Balaban J connectivity index is 2.57. The van der Waals surface area contributed by atoms with Crippen molar-refractivity contribution in [3.8, 4) is 0 Å². The fourth-order valence-electron chi connectivity index (χ4n) is 1.67. The SMILES string of the molecule is CC1CN(S(=O)(=O)CCCCl)CC1C. The van der Waals surface area contributed by atoms with E-state index in [-0.39, 0.29) is 5.75 Å². The number of sulfonamides is 1. The number of hydrogen-bond donors (Lipinski definition) is 0. The molecule has 0 aromatic rings. The van der Waals surface area contributed by atoms with Crippen molar-refractivity contribution in [3.05, 3.63) is 0 Å². The molecule has 0 amide bonds. The summed E-state index contributed by atoms with van der Waals surface area (Å²) in [4.78, 5) is 0. The van der Waals surface area contributed by atoms with Crippen LogP contribution in [0.25, 0.3) is 0 Å². The van der Waals surface area contributed by atoms with Crippen LogP contribution in [0.1, 0.15) is 20.3 Å². The van der Waals surface area contributed by atoms with Crippen LogP contribution in [0.3, 0.4) is 0 Å². The maximum Gasteiger partial charge on any atom is 0.214 e. The van der Waals surface area contributed by atoms with E-state index in [0.29, 0.717) is 37.2 Å². The maximum absolute atomic E-state index is 11.8. The van der Waals surface area contributed by atoms with Crippen LogP contribution in [0.4, 0.5) is 0 Å². The molecule has 1 fully saturated rings. The highest BCUT2D eigenvalue weighted by atomic mass is 35.5. The normalized spacial score (nSPS) is 29.6. The Morgan fingerprint density at radius 1 is 1.29 bits per heavy atom. The molecular formula is C9H18ClNO2S. The molecule has 5 heteroatoms. The topological polar surface area (TPSA) is 37.4 Å². The molecule has 1 aliphatic heterocycles. The number of hydrogen-bond acceptors (Lipinski definition) is 2. The van der Waals surface area contributed by atoms with E-state index in [1.807, 2.05) is 0 Å². The first-order valence-electron chi connectivity index (χ1n) is 5.01. The largest absolute Gasteiger partial charge is 0.214 e. The molecule has 0 aromatic heterocycles. The average Bonchev–Trinajstić information content (AvgIpc) is 2.45. The van der Waals surface area contributed by atoms with E-state index in [9.17, 15) is 8.42 Å². The van der Waals surface area contributed by atoms with Gasteiger partial charge in [-0.1, -0.05) is 13.8 Å². The van der Waals surface area contributed by atoms with Crippen LogP contribution in [-0.2, 0) is 10.0 Å². The van der Waals surface area contributed by atoms with E-state index < -0.39 is 10.0 Å². The minimum atomic E-state index is -3.04. The van der Waals surface area contributed by atoms with Gasteiger partial charge in [-0.3, -0.25) is 0 Å². The Morgan fingerprint density at radius 2 is 1.79 bits per heavy atom. The predicted octanol–water partition coefficient (Wildman–Crippen LogP) is 1.53. The van der Waals surface area contributed by atoms with E-state index in [0.717, 1.165) is 0 Å². The van der Waals surface area contributed by atoms with Crippen molar-refractivity contribution in [1.29, 1.82) is 0 Å². The molecule has 1 aliphatic rings. The van der Waals surface area contributed by atoms with Gasteiger partial charge in [0, 0.05) is 19.0 Å². The van der Waals surface area contributed by atoms with Gasteiger partial charge in [0.15, 0.2) is 0 Å². The number of halogens is 1. The summed E-state index contributed by atoms with van der Waals surface area (Å²) in [6, 6.07) is 0. The number of rotatable bonds is 4. The zero-order valence-corrected chi connectivity index (χ0v) is 10.3. The Kier molecular flexibility index (Phi) is 4.22. The van der Waals surface area contributed by atoms with Crippen molar-refractivity contribution >= 4 is 21.6 Å². The lowest BCUT2D eigenvalue weighted by Gasteiger charge is -2.15. The van der Waals surface area contributed by atoms with Crippen molar-refractivity contribution in [2.24, 2.45) is 11.8 Å². The number of nitrogens with zero attached hydrogens (tertiary/aromatic N) is 1. The second-order valence-corrected chi connectivity index (χ2v) is 6.60. The van der Waals surface area contributed by atoms with E-state index in [1.165, 1.54) is 0 Å². The summed E-state index contributed by atoms with van der Waals surface area (Å²) in [5.41, 5.74) is 0. The van der Waals surface area contributed by atoms with Crippen LogP contribution < -0.4 is 0 Å². The molecule has 2 unspecified atom stereocenters. The molecule has 0 saturated carbocycles. The first-order chi connectivity index (χ1) is 6.47. The highest BCUT2D eigenvalue weighted by Crippen LogP contribution is 2.24. The third-order valence-corrected chi connectivity index (χ3v) is 5.04. The van der Waals surface area contributed by atoms with Crippen LogP contribution in [0.15, 0.2) is 0 Å². The standard InChI is InChI=1S/C9H18ClNO2S/c1-8-6-11(7-9(8)2)14(12,13)5-3-4-10/h8-9H,3-7H2,1-2H3. The van der Waals surface area contributed by atoms with Crippen molar-refractivity contribution < 1.29 is 8.42 Å². The Bertz CT molecular complexity index is 269. The van der Waals surface area contributed by atoms with Gasteiger partial charge in [0.2, 0.25) is 10.0 Å². The van der Waals surface area contributed by atoms with E-state index in [1.54, 1.807) is 4.31 Å². The van der Waals surface area contributed by atoms with Gasteiger partial charge in [0.1, 0.15) is 0 Å². The molecule has 0 aliphatic carbocycles. The van der Waals surface area contributed by atoms with Crippen LogP contribution >= 0.6 is 11.6 Å². The molecule has 0 bridgehead atoms. The highest BCUT2D eigenvalue weighted by molar-refractivity contribution is 7.89. The summed E-state index contributed by atoms with van der Waals surface area (Å²) < 4.78 is 25.1. The first kappa shape index (κ1) is 12.3. The van der Waals surface area contributed by atoms with Gasteiger partial charge < -0.3 is 0 Å². The molecule has 0 N–H and O–H groups in total. The van der Waals surface area contributed by atoms with Gasteiger partial charge in [-0.15, -0.1) is 11.6 Å². The zero-order chi connectivity index (χ0) is 10.8. The number of alkyl halides is 1. The Labute approximate surface area is 91.5 Å². The fraction of sp³-hybridized carbons (Fsp3) is 1.00. The summed E-state index contributed by atoms with van der Waals surface area (Å²) in [6.45, 7) is 5.54. The zero-order valence-electron chi connectivity index (χ0n) is 8.74. The Morgan fingerprint density at radius 3 is 2.21 bits per heavy atom. The third-order valence-electron chi connectivity index (χ3n) is 2.88.